The van der Waals surface area contributed by atoms with Crippen molar-refractivity contribution in [1.29, 1.82) is 0 Å². The van der Waals surface area contributed by atoms with E-state index in [0.29, 0.717) is 6.73 Å². The molecule has 25 heavy (non-hydrogen) atoms. The van der Waals surface area contributed by atoms with Crippen LogP contribution in [0.25, 0.3) is 0 Å². The van der Waals surface area contributed by atoms with Crippen molar-refractivity contribution in [2.75, 3.05) is 19.8 Å². The number of piperidine rings is 1. The molecule has 146 valence electrons. The van der Waals surface area contributed by atoms with E-state index in [-0.39, 0.29) is 18.2 Å². The van der Waals surface area contributed by atoms with Gasteiger partial charge in [-0.1, -0.05) is 38.5 Å². The Balaban J connectivity index is 1.55. The molecule has 3 rings (SSSR count). The smallest absolute Gasteiger partial charge is 0.328 e. The molecule has 3 aliphatic rings. The van der Waals surface area contributed by atoms with Crippen LogP contribution in [0.2, 0.25) is 0 Å². The van der Waals surface area contributed by atoms with Gasteiger partial charge in [0.05, 0.1) is 12.2 Å². The van der Waals surface area contributed by atoms with Crippen molar-refractivity contribution in [3.05, 3.63) is 0 Å². The van der Waals surface area contributed by atoms with Gasteiger partial charge < -0.3 is 5.73 Å². The first-order chi connectivity index (χ1) is 12.1. The van der Waals surface area contributed by atoms with Gasteiger partial charge in [0.25, 0.3) is 0 Å². The highest BCUT2D eigenvalue weighted by molar-refractivity contribution is 7.48. The topological polar surface area (TPSA) is 74.0 Å². The molecule has 1 heterocycles. The first-order valence-corrected chi connectivity index (χ1v) is 11.7. The quantitative estimate of drug-likeness (QED) is 0.674. The highest BCUT2D eigenvalue weighted by Gasteiger charge is 2.36. The summed E-state index contributed by atoms with van der Waals surface area (Å²) in [5.41, 5.74) is 5.95. The van der Waals surface area contributed by atoms with E-state index in [1.165, 1.54) is 12.8 Å². The van der Waals surface area contributed by atoms with E-state index in [4.69, 9.17) is 19.3 Å². The van der Waals surface area contributed by atoms with Gasteiger partial charge in [0, 0.05) is 19.1 Å². The van der Waals surface area contributed by atoms with Crippen molar-refractivity contribution < 1.29 is 18.1 Å². The lowest BCUT2D eigenvalue weighted by Gasteiger charge is -2.33. The minimum atomic E-state index is -3.51. The monoisotopic (exact) mass is 374 g/mol. The first-order valence-electron chi connectivity index (χ1n) is 10.2. The molecular formula is C18H35N2O4P. The molecule has 0 bridgehead atoms. The van der Waals surface area contributed by atoms with Gasteiger partial charge in [0.1, 0.15) is 6.73 Å². The molecule has 0 unspecified atom stereocenters. The molecule has 0 radical (unpaired) electrons. The fraction of sp³-hybridized carbons (Fsp3) is 1.00. The highest BCUT2D eigenvalue weighted by Crippen LogP contribution is 2.54. The lowest BCUT2D eigenvalue weighted by molar-refractivity contribution is 0.00329. The molecule has 1 saturated heterocycles. The summed E-state index contributed by atoms with van der Waals surface area (Å²) in [6.45, 7) is 2.07. The SMILES string of the molecule is NC1CCN(COP(=O)(OC2CCCCC2)OC2CCCCC2)CC1. The van der Waals surface area contributed by atoms with Crippen LogP contribution in [-0.4, -0.2) is 43.0 Å². The Labute approximate surface area is 152 Å². The number of nitrogens with zero attached hydrogens (tertiary/aromatic N) is 1. The van der Waals surface area contributed by atoms with Gasteiger partial charge in [-0.15, -0.1) is 0 Å². The molecule has 6 nitrogen and oxygen atoms in total. The van der Waals surface area contributed by atoms with E-state index in [1.54, 1.807) is 0 Å². The average molecular weight is 374 g/mol. The second kappa shape index (κ2) is 9.82. The summed E-state index contributed by atoms with van der Waals surface area (Å²) in [7, 11) is -3.51. The summed E-state index contributed by atoms with van der Waals surface area (Å²) in [5.74, 6) is 0. The van der Waals surface area contributed by atoms with Crippen LogP contribution in [0.5, 0.6) is 0 Å². The summed E-state index contributed by atoms with van der Waals surface area (Å²) < 4.78 is 31.1. The van der Waals surface area contributed by atoms with E-state index in [9.17, 15) is 4.57 Å². The predicted molar refractivity (Wildman–Crippen MR) is 98.3 cm³/mol. The van der Waals surface area contributed by atoms with Gasteiger partial charge in [-0.3, -0.25) is 18.5 Å². The first kappa shape index (κ1) is 19.8. The largest absolute Gasteiger partial charge is 0.476 e. The normalized spacial score (nSPS) is 26.1. The molecule has 1 aliphatic heterocycles. The Hall–Kier alpha value is 0.0300. The van der Waals surface area contributed by atoms with E-state index >= 15 is 0 Å². The van der Waals surface area contributed by atoms with Crippen LogP contribution in [0.1, 0.15) is 77.0 Å². The van der Waals surface area contributed by atoms with Gasteiger partial charge in [0.15, 0.2) is 0 Å². The summed E-state index contributed by atoms with van der Waals surface area (Å²) in [6, 6.07) is 0.278. The number of rotatable bonds is 7. The van der Waals surface area contributed by atoms with E-state index in [0.717, 1.165) is 77.3 Å². The van der Waals surface area contributed by atoms with Crippen LogP contribution in [0.4, 0.5) is 0 Å². The van der Waals surface area contributed by atoms with Crippen molar-refractivity contribution in [2.45, 2.75) is 95.3 Å². The molecule has 0 amide bonds. The molecule has 0 aromatic rings. The maximum Gasteiger partial charge on any atom is 0.476 e. The van der Waals surface area contributed by atoms with Crippen LogP contribution in [0.15, 0.2) is 0 Å². The summed E-state index contributed by atoms with van der Waals surface area (Å²) in [4.78, 5) is 2.16. The van der Waals surface area contributed by atoms with Crippen LogP contribution in [0, 0.1) is 0 Å². The second-order valence-corrected chi connectivity index (χ2v) is 9.47. The van der Waals surface area contributed by atoms with Gasteiger partial charge >= 0.3 is 7.82 Å². The molecule has 0 spiro atoms. The molecule has 2 aliphatic carbocycles. The van der Waals surface area contributed by atoms with Crippen molar-refractivity contribution in [1.82, 2.24) is 4.90 Å². The Morgan fingerprint density at radius 1 is 0.800 bits per heavy atom. The standard InChI is InChI=1S/C18H35N2O4P/c19-16-11-13-20(14-12-16)15-22-25(21,23-17-7-3-1-4-8-17)24-18-9-5-2-6-10-18/h16-18H,1-15,19H2. The van der Waals surface area contributed by atoms with Gasteiger partial charge in [-0.2, -0.15) is 0 Å². The highest BCUT2D eigenvalue weighted by atomic mass is 31.2. The maximum atomic E-state index is 13.3. The van der Waals surface area contributed by atoms with E-state index in [1.807, 2.05) is 0 Å². The molecule has 0 aromatic carbocycles. The summed E-state index contributed by atoms with van der Waals surface area (Å²) >= 11 is 0. The zero-order chi connectivity index (χ0) is 17.5. The maximum absolute atomic E-state index is 13.3. The number of nitrogens with two attached hydrogens (primary N) is 1. The molecular weight excluding hydrogens is 339 g/mol. The second-order valence-electron chi connectivity index (χ2n) is 7.89. The Morgan fingerprint density at radius 3 is 1.76 bits per heavy atom. The third-order valence-electron chi connectivity index (χ3n) is 5.69. The number of phosphoric acid groups is 1. The molecule has 0 aromatic heterocycles. The Morgan fingerprint density at radius 2 is 1.28 bits per heavy atom. The predicted octanol–water partition coefficient (Wildman–Crippen LogP) is 4.19. The van der Waals surface area contributed by atoms with Crippen LogP contribution in [0.3, 0.4) is 0 Å². The lowest BCUT2D eigenvalue weighted by Crippen LogP contribution is -2.40. The zero-order valence-corrected chi connectivity index (χ0v) is 16.3. The van der Waals surface area contributed by atoms with Gasteiger partial charge in [0.2, 0.25) is 0 Å². The van der Waals surface area contributed by atoms with Crippen LogP contribution < -0.4 is 5.73 Å². The molecule has 3 fully saturated rings. The molecule has 7 heteroatoms. The number of hydrogen-bond acceptors (Lipinski definition) is 6. The third-order valence-corrected chi connectivity index (χ3v) is 7.24. The van der Waals surface area contributed by atoms with Crippen molar-refractivity contribution >= 4 is 7.82 Å². The third kappa shape index (κ3) is 6.60. The summed E-state index contributed by atoms with van der Waals surface area (Å²) in [6.07, 6.45) is 12.8. The van der Waals surface area contributed by atoms with Crippen LogP contribution >= 0.6 is 7.82 Å². The van der Waals surface area contributed by atoms with E-state index < -0.39 is 7.82 Å². The van der Waals surface area contributed by atoms with Crippen molar-refractivity contribution in [2.24, 2.45) is 5.73 Å². The zero-order valence-electron chi connectivity index (χ0n) is 15.4. The van der Waals surface area contributed by atoms with Gasteiger partial charge in [-0.25, -0.2) is 4.57 Å². The minimum absolute atomic E-state index is 0.0120. The van der Waals surface area contributed by atoms with Crippen molar-refractivity contribution in [3.8, 4) is 0 Å². The molecule has 2 N–H and O–H groups in total. The Kier molecular flexibility index (Phi) is 7.77. The molecule has 2 saturated carbocycles. The minimum Gasteiger partial charge on any atom is -0.328 e. The lowest BCUT2D eigenvalue weighted by atomic mass is 9.98. The van der Waals surface area contributed by atoms with Crippen LogP contribution in [-0.2, 0) is 18.1 Å². The Bertz CT molecular complexity index is 407. The van der Waals surface area contributed by atoms with Gasteiger partial charge in [-0.05, 0) is 38.5 Å². The number of hydrogen-bond donors (Lipinski definition) is 1. The number of likely N-dealkylation sites (tertiary alicyclic amines) is 1. The van der Waals surface area contributed by atoms with E-state index in [2.05, 4.69) is 4.90 Å². The molecule has 0 atom stereocenters. The fourth-order valence-electron chi connectivity index (χ4n) is 4.03. The summed E-state index contributed by atoms with van der Waals surface area (Å²) in [5, 5.41) is 0. The average Bonchev–Trinajstić information content (AvgIpc) is 2.63. The number of phosphoric ester groups is 1. The fourth-order valence-corrected chi connectivity index (χ4v) is 5.65. The van der Waals surface area contributed by atoms with Crippen molar-refractivity contribution in [3.63, 3.8) is 0 Å².